The molecule has 1 aromatic heterocycles. The van der Waals surface area contributed by atoms with Gasteiger partial charge in [0.15, 0.2) is 11.5 Å². The van der Waals surface area contributed by atoms with Gasteiger partial charge < -0.3 is 19.3 Å². The first-order chi connectivity index (χ1) is 11.7. The Morgan fingerprint density at radius 3 is 2.38 bits per heavy atom. The van der Waals surface area contributed by atoms with Crippen molar-refractivity contribution in [3.05, 3.63) is 59.9 Å². The van der Waals surface area contributed by atoms with Crippen molar-refractivity contribution in [1.82, 2.24) is 4.98 Å². The highest BCUT2D eigenvalue weighted by Gasteiger charge is 2.17. The maximum absolute atomic E-state index is 10.8. The second-order valence-electron chi connectivity index (χ2n) is 5.30. The van der Waals surface area contributed by atoms with Gasteiger partial charge in [-0.1, -0.05) is 12.1 Å². The SMILES string of the molecule is COc1cccc(C(O)c2nccc3cc(OC)c(OC)cc23)c1. The van der Waals surface area contributed by atoms with Crippen LogP contribution in [0.5, 0.6) is 17.2 Å². The maximum Gasteiger partial charge on any atom is 0.161 e. The fraction of sp³-hybridized carbons (Fsp3) is 0.211. The average molecular weight is 325 g/mol. The Kier molecular flexibility index (Phi) is 4.53. The molecule has 0 spiro atoms. The maximum atomic E-state index is 10.8. The van der Waals surface area contributed by atoms with Crippen LogP contribution in [0.1, 0.15) is 17.4 Å². The second-order valence-corrected chi connectivity index (χ2v) is 5.30. The zero-order valence-corrected chi connectivity index (χ0v) is 13.8. The first kappa shape index (κ1) is 16.1. The fourth-order valence-electron chi connectivity index (χ4n) is 2.71. The molecule has 5 nitrogen and oxygen atoms in total. The van der Waals surface area contributed by atoms with E-state index >= 15 is 0 Å². The van der Waals surface area contributed by atoms with Crippen LogP contribution in [0.3, 0.4) is 0 Å². The molecule has 1 unspecified atom stereocenters. The lowest BCUT2D eigenvalue weighted by atomic mass is 10.0. The van der Waals surface area contributed by atoms with Crippen LogP contribution >= 0.6 is 0 Å². The minimum atomic E-state index is -0.873. The molecule has 1 atom stereocenters. The van der Waals surface area contributed by atoms with Crippen LogP contribution in [0.15, 0.2) is 48.7 Å². The lowest BCUT2D eigenvalue weighted by Gasteiger charge is -2.16. The number of aliphatic hydroxyl groups excluding tert-OH is 1. The normalized spacial score (nSPS) is 12.0. The zero-order chi connectivity index (χ0) is 17.1. The smallest absolute Gasteiger partial charge is 0.161 e. The Hall–Kier alpha value is -2.79. The van der Waals surface area contributed by atoms with E-state index in [2.05, 4.69) is 4.98 Å². The van der Waals surface area contributed by atoms with Gasteiger partial charge in [0, 0.05) is 11.6 Å². The first-order valence-electron chi connectivity index (χ1n) is 7.50. The number of ether oxygens (including phenoxy) is 3. The van der Waals surface area contributed by atoms with Gasteiger partial charge in [-0.15, -0.1) is 0 Å². The highest BCUT2D eigenvalue weighted by molar-refractivity contribution is 5.88. The number of hydrogen-bond donors (Lipinski definition) is 1. The summed E-state index contributed by atoms with van der Waals surface area (Å²) in [6.07, 6.45) is 0.800. The van der Waals surface area contributed by atoms with E-state index in [1.54, 1.807) is 33.6 Å². The molecule has 1 heterocycles. The quantitative estimate of drug-likeness (QED) is 0.779. The average Bonchev–Trinajstić information content (AvgIpc) is 2.65. The number of aliphatic hydroxyl groups is 1. The van der Waals surface area contributed by atoms with E-state index in [4.69, 9.17) is 14.2 Å². The molecule has 3 rings (SSSR count). The van der Waals surface area contributed by atoms with Gasteiger partial charge in [0.05, 0.1) is 27.0 Å². The number of aromatic nitrogens is 1. The third-order valence-electron chi connectivity index (χ3n) is 3.97. The van der Waals surface area contributed by atoms with Crippen LogP contribution in [0.25, 0.3) is 10.8 Å². The van der Waals surface area contributed by atoms with Crippen LogP contribution in [-0.4, -0.2) is 31.4 Å². The number of nitrogens with zero attached hydrogens (tertiary/aromatic N) is 1. The summed E-state index contributed by atoms with van der Waals surface area (Å²) in [5, 5.41) is 12.5. The summed E-state index contributed by atoms with van der Waals surface area (Å²) in [6, 6.07) is 12.9. The van der Waals surface area contributed by atoms with E-state index in [9.17, 15) is 5.11 Å². The van der Waals surface area contributed by atoms with Crippen LogP contribution < -0.4 is 14.2 Å². The van der Waals surface area contributed by atoms with Crippen molar-refractivity contribution < 1.29 is 19.3 Å². The van der Waals surface area contributed by atoms with Gasteiger partial charge in [-0.3, -0.25) is 4.98 Å². The molecule has 0 aliphatic rings. The number of methoxy groups -OCH3 is 3. The van der Waals surface area contributed by atoms with Crippen molar-refractivity contribution in [3.63, 3.8) is 0 Å². The molecule has 5 heteroatoms. The van der Waals surface area contributed by atoms with E-state index in [-0.39, 0.29) is 0 Å². The number of rotatable bonds is 5. The lowest BCUT2D eigenvalue weighted by molar-refractivity contribution is 0.216. The minimum Gasteiger partial charge on any atom is -0.497 e. The molecule has 0 radical (unpaired) electrons. The summed E-state index contributed by atoms with van der Waals surface area (Å²) in [4.78, 5) is 4.38. The summed E-state index contributed by atoms with van der Waals surface area (Å²) in [6.45, 7) is 0. The highest BCUT2D eigenvalue weighted by atomic mass is 16.5. The van der Waals surface area contributed by atoms with Crippen molar-refractivity contribution in [2.45, 2.75) is 6.10 Å². The van der Waals surface area contributed by atoms with Gasteiger partial charge in [0.1, 0.15) is 11.9 Å². The second kappa shape index (κ2) is 6.76. The summed E-state index contributed by atoms with van der Waals surface area (Å²) in [5.74, 6) is 1.92. The van der Waals surface area contributed by atoms with Crippen LogP contribution in [0.4, 0.5) is 0 Å². The van der Waals surface area contributed by atoms with Crippen molar-refractivity contribution >= 4 is 10.8 Å². The standard InChI is InChI=1S/C19H19NO4/c1-22-14-6-4-5-13(9-14)19(21)18-15-11-17(24-3)16(23-2)10-12(15)7-8-20-18/h4-11,19,21H,1-3H3. The molecule has 3 aromatic rings. The molecule has 124 valence electrons. The van der Waals surface area contributed by atoms with Gasteiger partial charge in [0.25, 0.3) is 0 Å². The topological polar surface area (TPSA) is 60.8 Å². The fourth-order valence-corrected chi connectivity index (χ4v) is 2.71. The molecule has 1 N–H and O–H groups in total. The van der Waals surface area contributed by atoms with Gasteiger partial charge in [0.2, 0.25) is 0 Å². The highest BCUT2D eigenvalue weighted by Crippen LogP contribution is 2.36. The number of benzene rings is 2. The molecule has 0 bridgehead atoms. The van der Waals surface area contributed by atoms with E-state index in [1.807, 2.05) is 36.4 Å². The van der Waals surface area contributed by atoms with Crippen molar-refractivity contribution in [3.8, 4) is 17.2 Å². The van der Waals surface area contributed by atoms with Gasteiger partial charge in [-0.25, -0.2) is 0 Å². The number of pyridine rings is 1. The van der Waals surface area contributed by atoms with Gasteiger partial charge in [-0.05, 0) is 41.3 Å². The summed E-state index contributed by atoms with van der Waals surface area (Å²) in [5.41, 5.74) is 1.27. The third kappa shape index (κ3) is 2.86. The Morgan fingerprint density at radius 2 is 1.67 bits per heavy atom. The Morgan fingerprint density at radius 1 is 0.917 bits per heavy atom. The van der Waals surface area contributed by atoms with E-state index in [0.717, 1.165) is 10.8 Å². The number of fused-ring (bicyclic) bond motifs is 1. The van der Waals surface area contributed by atoms with Crippen LogP contribution in [-0.2, 0) is 0 Å². The predicted molar refractivity (Wildman–Crippen MR) is 91.9 cm³/mol. The van der Waals surface area contributed by atoms with Gasteiger partial charge in [-0.2, -0.15) is 0 Å². The van der Waals surface area contributed by atoms with E-state index < -0.39 is 6.10 Å². The molecule has 0 amide bonds. The van der Waals surface area contributed by atoms with E-state index in [1.165, 1.54) is 0 Å². The zero-order valence-electron chi connectivity index (χ0n) is 13.8. The molecular weight excluding hydrogens is 306 g/mol. The molecule has 0 fully saturated rings. The summed E-state index contributed by atoms with van der Waals surface area (Å²) < 4.78 is 15.9. The molecule has 0 aliphatic heterocycles. The Balaban J connectivity index is 2.14. The van der Waals surface area contributed by atoms with Crippen LogP contribution in [0.2, 0.25) is 0 Å². The van der Waals surface area contributed by atoms with E-state index in [0.29, 0.717) is 28.5 Å². The first-order valence-corrected chi connectivity index (χ1v) is 7.50. The molecule has 24 heavy (non-hydrogen) atoms. The van der Waals surface area contributed by atoms with Crippen molar-refractivity contribution in [2.24, 2.45) is 0 Å². The third-order valence-corrected chi connectivity index (χ3v) is 3.97. The monoisotopic (exact) mass is 325 g/mol. The van der Waals surface area contributed by atoms with Crippen molar-refractivity contribution in [2.75, 3.05) is 21.3 Å². The minimum absolute atomic E-state index is 0.557. The molecule has 0 saturated carbocycles. The molecule has 2 aromatic carbocycles. The summed E-state index contributed by atoms with van der Waals surface area (Å²) >= 11 is 0. The van der Waals surface area contributed by atoms with Crippen molar-refractivity contribution in [1.29, 1.82) is 0 Å². The summed E-state index contributed by atoms with van der Waals surface area (Å²) in [7, 11) is 4.77. The molecular formula is C19H19NO4. The lowest BCUT2D eigenvalue weighted by Crippen LogP contribution is -2.04. The predicted octanol–water partition coefficient (Wildman–Crippen LogP) is 3.34. The van der Waals surface area contributed by atoms with Gasteiger partial charge >= 0.3 is 0 Å². The molecule has 0 aliphatic carbocycles. The van der Waals surface area contributed by atoms with Crippen LogP contribution in [0, 0.1) is 0 Å². The largest absolute Gasteiger partial charge is 0.497 e. The number of hydrogen-bond acceptors (Lipinski definition) is 5. The molecule has 0 saturated heterocycles. The Labute approximate surface area is 140 Å². The Bertz CT molecular complexity index is 863.